The van der Waals surface area contributed by atoms with E-state index < -0.39 is 11.9 Å². The van der Waals surface area contributed by atoms with E-state index in [1.54, 1.807) is 16.0 Å². The summed E-state index contributed by atoms with van der Waals surface area (Å²) in [6, 6.07) is 13.9. The van der Waals surface area contributed by atoms with Gasteiger partial charge >= 0.3 is 6.03 Å². The minimum Gasteiger partial charge on any atom is -0.370 e. The molecular weight excluding hydrogens is 725 g/mol. The van der Waals surface area contributed by atoms with Crippen molar-refractivity contribution in [3.63, 3.8) is 0 Å². The average Bonchev–Trinajstić information content (AvgIpc) is 3.69. The summed E-state index contributed by atoms with van der Waals surface area (Å²) in [6.45, 7) is 8.56. The van der Waals surface area contributed by atoms with E-state index in [1.165, 1.54) is 5.69 Å². The number of fused-ring (bicyclic) bond motifs is 1. The van der Waals surface area contributed by atoms with Gasteiger partial charge in [0.2, 0.25) is 11.8 Å². The average molecular weight is 775 g/mol. The molecule has 2 atom stereocenters. The Hall–Kier alpha value is -5.57. The highest BCUT2D eigenvalue weighted by Crippen LogP contribution is 2.42. The molecule has 0 aliphatic carbocycles. The van der Waals surface area contributed by atoms with Crippen molar-refractivity contribution < 1.29 is 24.0 Å². The molecule has 3 aromatic rings. The van der Waals surface area contributed by atoms with E-state index in [4.69, 9.17) is 10.7 Å². The predicted octanol–water partition coefficient (Wildman–Crippen LogP) is 2.02. The van der Waals surface area contributed by atoms with Crippen molar-refractivity contribution in [2.45, 2.75) is 63.6 Å². The number of primary amides is 1. The molecule has 15 nitrogen and oxygen atoms in total. The lowest BCUT2D eigenvalue weighted by molar-refractivity contribution is -0.136. The number of amides is 6. The maximum atomic E-state index is 13.2. The van der Waals surface area contributed by atoms with Gasteiger partial charge in [-0.05, 0) is 73.5 Å². The maximum absolute atomic E-state index is 13.2. The summed E-state index contributed by atoms with van der Waals surface area (Å²) in [4.78, 5) is 84.2. The van der Waals surface area contributed by atoms with E-state index in [-0.39, 0.29) is 41.9 Å². The van der Waals surface area contributed by atoms with E-state index in [9.17, 15) is 24.0 Å². The van der Waals surface area contributed by atoms with E-state index in [0.29, 0.717) is 48.4 Å². The summed E-state index contributed by atoms with van der Waals surface area (Å²) in [5.74, 6) is -0.675. The van der Waals surface area contributed by atoms with Crippen LogP contribution in [0.4, 0.5) is 16.3 Å². The van der Waals surface area contributed by atoms with Crippen molar-refractivity contribution in [1.82, 2.24) is 34.9 Å². The number of hydrogen-bond donors (Lipinski definition) is 2. The van der Waals surface area contributed by atoms with Crippen molar-refractivity contribution in [3.8, 4) is 0 Å². The fraction of sp³-hybridized carbons (Fsp3) is 0.500. The van der Waals surface area contributed by atoms with Crippen molar-refractivity contribution in [3.05, 3.63) is 82.3 Å². The third kappa shape index (κ3) is 7.06. The summed E-state index contributed by atoms with van der Waals surface area (Å²) < 4.78 is 0. The lowest BCUT2D eigenvalue weighted by Gasteiger charge is -2.61. The largest absolute Gasteiger partial charge is 0.370 e. The van der Waals surface area contributed by atoms with Gasteiger partial charge in [-0.3, -0.25) is 24.5 Å². The molecule has 0 radical (unpaired) electrons. The van der Waals surface area contributed by atoms with Crippen molar-refractivity contribution >= 4 is 41.2 Å². The zero-order valence-corrected chi connectivity index (χ0v) is 32.5. The van der Waals surface area contributed by atoms with E-state index in [1.807, 2.05) is 24.1 Å². The molecule has 6 aliphatic heterocycles. The molecule has 6 amide bonds. The molecule has 1 unspecified atom stereocenters. The molecule has 0 bridgehead atoms. The van der Waals surface area contributed by atoms with Crippen LogP contribution in [0.3, 0.4) is 0 Å². The summed E-state index contributed by atoms with van der Waals surface area (Å²) in [5, 5.41) is 2.38. The van der Waals surface area contributed by atoms with Gasteiger partial charge < -0.3 is 35.1 Å². The molecule has 2 aromatic carbocycles. The maximum Gasteiger partial charge on any atom is 0.320 e. The number of carbonyl (C=O) groups is 5. The number of aromatic nitrogens is 2. The Morgan fingerprint density at radius 1 is 0.947 bits per heavy atom. The second kappa shape index (κ2) is 14.7. The Morgan fingerprint density at radius 3 is 2.49 bits per heavy atom. The van der Waals surface area contributed by atoms with Gasteiger partial charge in [0.1, 0.15) is 17.6 Å². The smallest absolute Gasteiger partial charge is 0.320 e. The Morgan fingerprint density at radius 2 is 1.75 bits per heavy atom. The number of hydrogen-bond acceptors (Lipinski definition) is 10. The Bertz CT molecular complexity index is 2110. The third-order valence-electron chi connectivity index (χ3n) is 12.9. The quantitative estimate of drug-likeness (QED) is 0.275. The number of anilines is 2. The van der Waals surface area contributed by atoms with Crippen LogP contribution in [0.25, 0.3) is 0 Å². The molecule has 3 N–H and O–H groups in total. The number of nitrogens with one attached hydrogen (secondary N) is 1. The number of likely N-dealkylation sites (tertiary alicyclic amines) is 1. The highest BCUT2D eigenvalue weighted by atomic mass is 16.2. The first-order chi connectivity index (χ1) is 27.5. The molecule has 0 saturated carbocycles. The Labute approximate surface area is 332 Å². The van der Waals surface area contributed by atoms with Crippen LogP contribution < -0.4 is 20.9 Å². The standard InChI is InChI=1S/C42H50N10O5/c1-47-17-18-51(41(47)57)30-7-4-16-49(21-30)35-20-44-37(38(43)54)33(45-35)19-27-9-11-29(12-10-27)50-25-42(26-50)23-48(24-42)15-3-6-28-5-2-8-31-32(28)22-52(40(31)56)34-13-14-36(53)46-39(34)55/h2,5,8-12,20,30,34H,3-4,6-7,13-19,21-26H2,1H3,(H2,43,54)(H,46,53,55)/t30-,34?/m1/s1. The first-order valence-corrected chi connectivity index (χ1v) is 20.3. The third-order valence-corrected chi connectivity index (χ3v) is 12.9. The van der Waals surface area contributed by atoms with Crippen LogP contribution in [0.5, 0.6) is 0 Å². The lowest BCUT2D eigenvalue weighted by Crippen LogP contribution is -2.72. The van der Waals surface area contributed by atoms with Crippen molar-refractivity contribution in [1.29, 1.82) is 0 Å². The normalized spacial score (nSPS) is 23.2. The van der Waals surface area contributed by atoms with Gasteiger partial charge in [-0.1, -0.05) is 24.3 Å². The molecule has 1 spiro atoms. The fourth-order valence-corrected chi connectivity index (χ4v) is 9.92. The van der Waals surface area contributed by atoms with Gasteiger partial charge in [0.25, 0.3) is 11.8 Å². The second-order valence-electron chi connectivity index (χ2n) is 16.9. The van der Waals surface area contributed by atoms with Gasteiger partial charge in [-0.15, -0.1) is 0 Å². The summed E-state index contributed by atoms with van der Waals surface area (Å²) in [5.41, 5.74) is 11.9. The van der Waals surface area contributed by atoms with Crippen LogP contribution >= 0.6 is 0 Å². The highest BCUT2D eigenvalue weighted by molar-refractivity contribution is 6.05. The number of rotatable bonds is 11. The summed E-state index contributed by atoms with van der Waals surface area (Å²) >= 11 is 0. The van der Waals surface area contributed by atoms with Gasteiger partial charge in [0.05, 0.1) is 17.9 Å². The van der Waals surface area contributed by atoms with Crippen LogP contribution in [0.15, 0.2) is 48.7 Å². The predicted molar refractivity (Wildman–Crippen MR) is 212 cm³/mol. The number of likely N-dealkylation sites (N-methyl/N-ethyl adjacent to an activating group) is 1. The molecule has 15 heteroatoms. The number of nitrogens with zero attached hydrogens (tertiary/aromatic N) is 8. The fourth-order valence-electron chi connectivity index (χ4n) is 9.92. The summed E-state index contributed by atoms with van der Waals surface area (Å²) in [6.07, 6.45) is 6.45. The SMILES string of the molecule is CN1CCN([C@@H]2CCCN(c3cnc(C(N)=O)c(Cc4ccc(N5CC6(CN(CCCc7cccc8c7CN(C7CCC(=O)NC7=O)C8=O)C6)C5)cc4)n3)C2)C1=O. The number of piperidine rings is 2. The molecule has 6 aliphatic rings. The van der Waals surface area contributed by atoms with Crippen LogP contribution in [0, 0.1) is 5.41 Å². The highest BCUT2D eigenvalue weighted by Gasteiger charge is 2.51. The first kappa shape index (κ1) is 37.0. The number of aryl methyl sites for hydroxylation is 1. The van der Waals surface area contributed by atoms with Gasteiger partial charge in [0, 0.05) is 95.5 Å². The van der Waals surface area contributed by atoms with Crippen LogP contribution in [0.2, 0.25) is 0 Å². The van der Waals surface area contributed by atoms with Crippen LogP contribution in [0.1, 0.15) is 75.3 Å². The summed E-state index contributed by atoms with van der Waals surface area (Å²) in [7, 11) is 1.84. The first-order valence-electron chi connectivity index (χ1n) is 20.3. The molecule has 298 valence electrons. The van der Waals surface area contributed by atoms with Crippen molar-refractivity contribution in [2.24, 2.45) is 11.1 Å². The molecule has 57 heavy (non-hydrogen) atoms. The van der Waals surface area contributed by atoms with E-state index in [2.05, 4.69) is 55.3 Å². The second-order valence-corrected chi connectivity index (χ2v) is 16.9. The minimum atomic E-state index is -0.598. The van der Waals surface area contributed by atoms with Gasteiger partial charge in [-0.25, -0.2) is 14.8 Å². The molecule has 5 fully saturated rings. The van der Waals surface area contributed by atoms with E-state index >= 15 is 0 Å². The molecule has 7 heterocycles. The number of carbonyl (C=O) groups excluding carboxylic acids is 5. The Kier molecular flexibility index (Phi) is 9.58. The Balaban J connectivity index is 0.754. The number of nitrogens with two attached hydrogens (primary N) is 1. The number of imide groups is 1. The number of urea groups is 1. The van der Waals surface area contributed by atoms with Crippen LogP contribution in [-0.2, 0) is 29.0 Å². The number of benzene rings is 2. The molecular formula is C42H50N10O5. The topological polar surface area (TPSA) is 169 Å². The zero-order valence-electron chi connectivity index (χ0n) is 32.5. The zero-order chi connectivity index (χ0) is 39.4. The van der Waals surface area contributed by atoms with E-state index in [0.717, 1.165) is 94.7 Å². The monoisotopic (exact) mass is 774 g/mol. The molecule has 9 rings (SSSR count). The molecule has 5 saturated heterocycles. The van der Waals surface area contributed by atoms with Crippen molar-refractivity contribution in [2.75, 3.05) is 75.8 Å². The van der Waals surface area contributed by atoms with Gasteiger partial charge in [-0.2, -0.15) is 0 Å². The van der Waals surface area contributed by atoms with Crippen LogP contribution in [-0.4, -0.2) is 137 Å². The lowest BCUT2D eigenvalue weighted by atomic mass is 9.72. The minimum absolute atomic E-state index is 0.0763. The molecule has 1 aromatic heterocycles. The van der Waals surface area contributed by atoms with Gasteiger partial charge in [0.15, 0.2) is 0 Å².